The first-order chi connectivity index (χ1) is 6.74. The second-order valence-electron chi connectivity index (χ2n) is 5.06. The normalized spacial score (nSPS) is 13.2. The molecule has 0 amide bonds. The molecule has 1 heterocycles. The highest BCUT2D eigenvalue weighted by atomic mass is 32.1. The molecule has 0 aliphatic carbocycles. The van der Waals surface area contributed by atoms with Gasteiger partial charge in [-0.3, -0.25) is 0 Å². The fourth-order valence-electron chi connectivity index (χ4n) is 1.10. The second kappa shape index (κ2) is 4.24. The Bertz CT molecular complexity index is 323. The smallest absolute Gasteiger partial charge is 0.0767 e. The number of nitrogens with one attached hydrogen (secondary N) is 1. The topological polar surface area (TPSA) is 32.3 Å². The van der Waals surface area contributed by atoms with E-state index in [-0.39, 0.29) is 5.54 Å². The van der Waals surface area contributed by atoms with Gasteiger partial charge in [0.15, 0.2) is 0 Å². The monoisotopic (exact) mass is 227 g/mol. The molecule has 86 valence electrons. The molecule has 0 saturated carbocycles. The van der Waals surface area contributed by atoms with Crippen LogP contribution in [0.1, 0.15) is 38.1 Å². The lowest BCUT2D eigenvalue weighted by atomic mass is 9.86. The van der Waals surface area contributed by atoms with Crippen molar-refractivity contribution >= 4 is 11.3 Å². The molecule has 0 unspecified atom stereocenters. The van der Waals surface area contributed by atoms with Crippen LogP contribution in [-0.2, 0) is 6.54 Å². The Balaban J connectivity index is 2.61. The summed E-state index contributed by atoms with van der Waals surface area (Å²) in [6.07, 6.45) is 0. The minimum atomic E-state index is -0.724. The summed E-state index contributed by atoms with van der Waals surface area (Å²) in [7, 11) is 0. The van der Waals surface area contributed by atoms with Crippen LogP contribution < -0.4 is 5.32 Å². The summed E-state index contributed by atoms with van der Waals surface area (Å²) in [5.41, 5.74) is 0.306. The van der Waals surface area contributed by atoms with Crippen molar-refractivity contribution in [2.24, 2.45) is 0 Å². The molecule has 2 nitrogen and oxygen atoms in total. The summed E-state index contributed by atoms with van der Waals surface area (Å²) < 4.78 is 0. The van der Waals surface area contributed by atoms with E-state index in [9.17, 15) is 5.11 Å². The van der Waals surface area contributed by atoms with Crippen LogP contribution in [0.5, 0.6) is 0 Å². The van der Waals surface area contributed by atoms with E-state index in [0.29, 0.717) is 0 Å². The third kappa shape index (κ3) is 3.03. The van der Waals surface area contributed by atoms with Gasteiger partial charge in [0.1, 0.15) is 0 Å². The van der Waals surface area contributed by atoms with Gasteiger partial charge in [0.05, 0.1) is 5.60 Å². The fraction of sp³-hybridized carbons (Fsp3) is 0.667. The SMILES string of the molecule is Cc1ccsc1CNC(C)(C)C(C)(C)O. The molecule has 0 aliphatic rings. The number of hydrogen-bond donors (Lipinski definition) is 2. The van der Waals surface area contributed by atoms with E-state index < -0.39 is 5.60 Å². The summed E-state index contributed by atoms with van der Waals surface area (Å²) in [4.78, 5) is 1.34. The minimum absolute atomic E-state index is 0.288. The Hall–Kier alpha value is -0.380. The maximum atomic E-state index is 9.98. The van der Waals surface area contributed by atoms with Crippen molar-refractivity contribution in [1.29, 1.82) is 0 Å². The standard InChI is InChI=1S/C12H21NOS/c1-9-6-7-15-10(9)8-13-11(2,3)12(4,5)14/h6-7,13-14H,8H2,1-5H3. The van der Waals surface area contributed by atoms with Gasteiger partial charge in [-0.1, -0.05) is 0 Å². The Morgan fingerprint density at radius 3 is 2.33 bits per heavy atom. The Morgan fingerprint density at radius 2 is 1.93 bits per heavy atom. The summed E-state index contributed by atoms with van der Waals surface area (Å²) in [6.45, 7) is 10.7. The quantitative estimate of drug-likeness (QED) is 0.829. The van der Waals surface area contributed by atoms with Crippen LogP contribution in [0.4, 0.5) is 0 Å². The number of aryl methyl sites for hydroxylation is 1. The van der Waals surface area contributed by atoms with E-state index in [4.69, 9.17) is 0 Å². The average Bonchev–Trinajstić information content (AvgIpc) is 2.46. The van der Waals surface area contributed by atoms with Crippen molar-refractivity contribution in [2.75, 3.05) is 0 Å². The van der Waals surface area contributed by atoms with Crippen molar-refractivity contribution in [3.8, 4) is 0 Å². The van der Waals surface area contributed by atoms with Crippen LogP contribution in [0.15, 0.2) is 11.4 Å². The molecular formula is C12H21NOS. The summed E-state index contributed by atoms with van der Waals surface area (Å²) >= 11 is 1.76. The first-order valence-corrected chi connectivity index (χ1v) is 6.12. The number of hydrogen-bond acceptors (Lipinski definition) is 3. The van der Waals surface area contributed by atoms with Crippen molar-refractivity contribution in [2.45, 2.75) is 52.3 Å². The molecule has 0 fully saturated rings. The second-order valence-corrected chi connectivity index (χ2v) is 6.07. The molecule has 15 heavy (non-hydrogen) atoms. The molecule has 0 bridgehead atoms. The van der Waals surface area contributed by atoms with E-state index in [0.717, 1.165) is 6.54 Å². The average molecular weight is 227 g/mol. The van der Waals surface area contributed by atoms with Crippen LogP contribution in [0.25, 0.3) is 0 Å². The van der Waals surface area contributed by atoms with Crippen LogP contribution >= 0.6 is 11.3 Å². The molecule has 0 saturated heterocycles. The molecule has 1 rings (SSSR count). The minimum Gasteiger partial charge on any atom is -0.389 e. The lowest BCUT2D eigenvalue weighted by Crippen LogP contribution is -2.55. The lowest BCUT2D eigenvalue weighted by Gasteiger charge is -2.38. The van der Waals surface area contributed by atoms with Crippen LogP contribution in [0.3, 0.4) is 0 Å². The molecule has 3 heteroatoms. The molecular weight excluding hydrogens is 206 g/mol. The van der Waals surface area contributed by atoms with Gasteiger partial charge in [-0.15, -0.1) is 11.3 Å². The lowest BCUT2D eigenvalue weighted by molar-refractivity contribution is -0.00522. The third-order valence-electron chi connectivity index (χ3n) is 3.19. The summed E-state index contributed by atoms with van der Waals surface area (Å²) in [5, 5.41) is 15.5. The molecule has 0 spiro atoms. The fourth-order valence-corrected chi connectivity index (χ4v) is 1.95. The molecule has 0 radical (unpaired) electrons. The predicted molar refractivity (Wildman–Crippen MR) is 66.3 cm³/mol. The molecule has 1 aromatic rings. The first-order valence-electron chi connectivity index (χ1n) is 5.24. The Morgan fingerprint density at radius 1 is 1.33 bits per heavy atom. The van der Waals surface area contributed by atoms with Gasteiger partial charge in [-0.2, -0.15) is 0 Å². The van der Waals surface area contributed by atoms with Crippen molar-refractivity contribution < 1.29 is 5.11 Å². The van der Waals surface area contributed by atoms with Crippen LogP contribution in [0, 0.1) is 6.92 Å². The van der Waals surface area contributed by atoms with Gasteiger partial charge in [0.25, 0.3) is 0 Å². The number of thiophene rings is 1. The highest BCUT2D eigenvalue weighted by Crippen LogP contribution is 2.22. The van der Waals surface area contributed by atoms with E-state index >= 15 is 0 Å². The largest absolute Gasteiger partial charge is 0.389 e. The summed E-state index contributed by atoms with van der Waals surface area (Å²) in [6, 6.07) is 2.12. The molecule has 0 aromatic carbocycles. The molecule has 0 aliphatic heterocycles. The van der Waals surface area contributed by atoms with Crippen LogP contribution in [-0.4, -0.2) is 16.2 Å². The molecule has 1 aromatic heterocycles. The highest BCUT2D eigenvalue weighted by Gasteiger charge is 2.34. The van der Waals surface area contributed by atoms with E-state index in [1.165, 1.54) is 10.4 Å². The van der Waals surface area contributed by atoms with Gasteiger partial charge in [0.2, 0.25) is 0 Å². The first kappa shape index (κ1) is 12.7. The van der Waals surface area contributed by atoms with Crippen molar-refractivity contribution in [1.82, 2.24) is 5.32 Å². The van der Waals surface area contributed by atoms with Gasteiger partial charge >= 0.3 is 0 Å². The van der Waals surface area contributed by atoms with Gasteiger partial charge < -0.3 is 10.4 Å². The van der Waals surface area contributed by atoms with Gasteiger partial charge in [-0.05, 0) is 51.6 Å². The maximum Gasteiger partial charge on any atom is 0.0767 e. The molecule has 0 atom stereocenters. The number of aliphatic hydroxyl groups is 1. The number of rotatable bonds is 4. The summed E-state index contributed by atoms with van der Waals surface area (Å²) in [5.74, 6) is 0. The van der Waals surface area contributed by atoms with Gasteiger partial charge in [-0.25, -0.2) is 0 Å². The zero-order chi connectivity index (χ0) is 11.7. The zero-order valence-corrected chi connectivity index (χ0v) is 11.0. The Labute approximate surface area is 96.3 Å². The maximum absolute atomic E-state index is 9.98. The van der Waals surface area contributed by atoms with Crippen molar-refractivity contribution in [3.63, 3.8) is 0 Å². The Kier molecular flexibility index (Phi) is 3.59. The van der Waals surface area contributed by atoms with E-state index in [1.807, 2.05) is 27.7 Å². The van der Waals surface area contributed by atoms with Crippen molar-refractivity contribution in [3.05, 3.63) is 21.9 Å². The predicted octanol–water partition coefficient (Wildman–Crippen LogP) is 2.70. The third-order valence-corrected chi connectivity index (χ3v) is 4.21. The van der Waals surface area contributed by atoms with Crippen LogP contribution in [0.2, 0.25) is 0 Å². The molecule has 2 N–H and O–H groups in total. The zero-order valence-electron chi connectivity index (χ0n) is 10.2. The van der Waals surface area contributed by atoms with E-state index in [2.05, 4.69) is 23.7 Å². The van der Waals surface area contributed by atoms with Gasteiger partial charge in [0, 0.05) is 17.0 Å². The van der Waals surface area contributed by atoms with E-state index in [1.54, 1.807) is 11.3 Å². The highest BCUT2D eigenvalue weighted by molar-refractivity contribution is 7.10.